The standard InChI is InChI=1S/C11H22N2O2S3/c1-3-10(14)4-5-11(15)12-6-8-17-18-9-7-13-16-2/h13H,3-9H2,1-2H3,(H,12,15). The van der Waals surface area contributed by atoms with Crippen LogP contribution in [0.3, 0.4) is 0 Å². The van der Waals surface area contributed by atoms with Crippen molar-refractivity contribution in [3.63, 3.8) is 0 Å². The zero-order valence-electron chi connectivity index (χ0n) is 11.0. The monoisotopic (exact) mass is 310 g/mol. The highest BCUT2D eigenvalue weighted by Gasteiger charge is 2.04. The summed E-state index contributed by atoms with van der Waals surface area (Å²) in [6, 6.07) is 0. The van der Waals surface area contributed by atoms with Crippen molar-refractivity contribution in [3.05, 3.63) is 0 Å². The molecule has 7 heteroatoms. The number of carbonyl (C=O) groups is 2. The Labute approximate surface area is 122 Å². The van der Waals surface area contributed by atoms with Crippen molar-refractivity contribution in [2.24, 2.45) is 0 Å². The zero-order chi connectivity index (χ0) is 13.6. The smallest absolute Gasteiger partial charge is 0.220 e. The molecule has 0 saturated heterocycles. The molecule has 1 amide bonds. The van der Waals surface area contributed by atoms with Gasteiger partial charge in [0.1, 0.15) is 5.78 Å². The van der Waals surface area contributed by atoms with Crippen LogP contribution in [0, 0.1) is 0 Å². The van der Waals surface area contributed by atoms with Crippen molar-refractivity contribution in [1.29, 1.82) is 0 Å². The molecule has 0 aromatic rings. The van der Waals surface area contributed by atoms with Gasteiger partial charge in [0.05, 0.1) is 0 Å². The second-order valence-electron chi connectivity index (χ2n) is 3.48. The number of hydrogen-bond acceptors (Lipinski definition) is 6. The number of carbonyl (C=O) groups excluding carboxylic acids is 2. The molecule has 0 aromatic heterocycles. The first kappa shape index (κ1) is 18.1. The van der Waals surface area contributed by atoms with Crippen molar-refractivity contribution in [2.45, 2.75) is 26.2 Å². The van der Waals surface area contributed by atoms with Gasteiger partial charge in [-0.2, -0.15) is 0 Å². The van der Waals surface area contributed by atoms with E-state index < -0.39 is 0 Å². The minimum atomic E-state index is -0.0218. The molecule has 0 aliphatic rings. The average molecular weight is 311 g/mol. The maximum atomic E-state index is 11.3. The molecule has 18 heavy (non-hydrogen) atoms. The summed E-state index contributed by atoms with van der Waals surface area (Å²) in [4.78, 5) is 22.4. The maximum absolute atomic E-state index is 11.3. The highest BCUT2D eigenvalue weighted by molar-refractivity contribution is 8.76. The minimum Gasteiger partial charge on any atom is -0.355 e. The van der Waals surface area contributed by atoms with E-state index in [1.807, 2.05) is 13.2 Å². The van der Waals surface area contributed by atoms with E-state index in [2.05, 4.69) is 10.0 Å². The van der Waals surface area contributed by atoms with E-state index in [0.717, 1.165) is 18.1 Å². The molecule has 0 heterocycles. The molecule has 0 rings (SSSR count). The highest BCUT2D eigenvalue weighted by Crippen LogP contribution is 2.19. The summed E-state index contributed by atoms with van der Waals surface area (Å²) < 4.78 is 3.17. The third kappa shape index (κ3) is 12.6. The summed E-state index contributed by atoms with van der Waals surface area (Å²) in [5, 5.41) is 2.82. The Bertz CT molecular complexity index is 240. The average Bonchev–Trinajstić information content (AvgIpc) is 2.39. The van der Waals surface area contributed by atoms with Gasteiger partial charge in [-0.1, -0.05) is 40.5 Å². The Hall–Kier alpha value is 0.150. The second kappa shape index (κ2) is 13.6. The van der Waals surface area contributed by atoms with Crippen molar-refractivity contribution in [3.8, 4) is 0 Å². The third-order valence-corrected chi connectivity index (χ3v) is 4.95. The van der Waals surface area contributed by atoms with Crippen LogP contribution in [0.1, 0.15) is 26.2 Å². The summed E-state index contributed by atoms with van der Waals surface area (Å²) in [5.41, 5.74) is 0. The lowest BCUT2D eigenvalue weighted by atomic mass is 10.2. The van der Waals surface area contributed by atoms with Crippen LogP contribution in [-0.2, 0) is 9.59 Å². The molecule has 0 aromatic carbocycles. The van der Waals surface area contributed by atoms with Gasteiger partial charge in [-0.3, -0.25) is 14.3 Å². The lowest BCUT2D eigenvalue weighted by molar-refractivity contribution is -0.125. The first-order valence-electron chi connectivity index (χ1n) is 5.99. The quantitative estimate of drug-likeness (QED) is 0.327. The number of rotatable bonds is 12. The van der Waals surface area contributed by atoms with Crippen molar-refractivity contribution < 1.29 is 9.59 Å². The van der Waals surface area contributed by atoms with Gasteiger partial charge in [0.25, 0.3) is 0 Å². The van der Waals surface area contributed by atoms with Crippen molar-refractivity contribution in [1.82, 2.24) is 10.0 Å². The molecule has 0 aliphatic heterocycles. The fourth-order valence-corrected chi connectivity index (χ4v) is 3.30. The molecule has 0 unspecified atom stereocenters. The highest BCUT2D eigenvalue weighted by atomic mass is 33.1. The molecular weight excluding hydrogens is 288 g/mol. The van der Waals surface area contributed by atoms with Gasteiger partial charge in [-0.05, 0) is 6.26 Å². The predicted molar refractivity (Wildman–Crippen MR) is 84.0 cm³/mol. The zero-order valence-corrected chi connectivity index (χ0v) is 13.4. The van der Waals surface area contributed by atoms with E-state index in [1.54, 1.807) is 33.5 Å². The van der Waals surface area contributed by atoms with Crippen LogP contribution in [0.25, 0.3) is 0 Å². The van der Waals surface area contributed by atoms with Crippen LogP contribution in [0.15, 0.2) is 0 Å². The Morgan fingerprint density at radius 1 is 1.06 bits per heavy atom. The SMILES string of the molecule is CCC(=O)CCC(=O)NCCSSCCNSC. The van der Waals surface area contributed by atoms with Gasteiger partial charge in [-0.25, -0.2) is 0 Å². The summed E-state index contributed by atoms with van der Waals surface area (Å²) >= 11 is 1.63. The molecule has 106 valence electrons. The minimum absolute atomic E-state index is 0.0218. The fraction of sp³-hybridized carbons (Fsp3) is 0.818. The number of Topliss-reactive ketones (excluding diaryl/α,β-unsaturated/α-hetero) is 1. The third-order valence-electron chi connectivity index (χ3n) is 2.05. The Kier molecular flexibility index (Phi) is 13.7. The van der Waals surface area contributed by atoms with Gasteiger partial charge in [0.15, 0.2) is 0 Å². The normalized spacial score (nSPS) is 10.3. The van der Waals surface area contributed by atoms with Gasteiger partial charge in [-0.15, -0.1) is 0 Å². The largest absolute Gasteiger partial charge is 0.355 e. The number of nitrogens with one attached hydrogen (secondary N) is 2. The van der Waals surface area contributed by atoms with E-state index >= 15 is 0 Å². The second-order valence-corrected chi connectivity index (χ2v) is 6.88. The lowest BCUT2D eigenvalue weighted by Crippen LogP contribution is -2.25. The number of amides is 1. The molecule has 0 atom stereocenters. The Balaban J connectivity index is 3.22. The fourth-order valence-electron chi connectivity index (χ4n) is 1.05. The van der Waals surface area contributed by atoms with Crippen LogP contribution in [0.4, 0.5) is 0 Å². The molecule has 0 bridgehead atoms. The maximum Gasteiger partial charge on any atom is 0.220 e. The van der Waals surface area contributed by atoms with Crippen molar-refractivity contribution >= 4 is 45.2 Å². The molecule has 0 spiro atoms. The van der Waals surface area contributed by atoms with Gasteiger partial charge >= 0.3 is 0 Å². The first-order chi connectivity index (χ1) is 8.70. The Morgan fingerprint density at radius 3 is 2.33 bits per heavy atom. The topological polar surface area (TPSA) is 58.2 Å². The van der Waals surface area contributed by atoms with Crippen LogP contribution in [-0.4, -0.2) is 42.5 Å². The molecular formula is C11H22N2O2S3. The summed E-state index contributed by atoms with van der Waals surface area (Å²) in [5.74, 6) is 2.09. The van der Waals surface area contributed by atoms with Gasteiger partial charge in [0, 0.05) is 43.9 Å². The Morgan fingerprint density at radius 2 is 1.72 bits per heavy atom. The van der Waals surface area contributed by atoms with Crippen LogP contribution in [0.5, 0.6) is 0 Å². The molecule has 0 fully saturated rings. The lowest BCUT2D eigenvalue weighted by Gasteiger charge is -2.04. The summed E-state index contributed by atoms with van der Waals surface area (Å²) in [7, 11) is 3.56. The van der Waals surface area contributed by atoms with Crippen LogP contribution >= 0.6 is 33.5 Å². The van der Waals surface area contributed by atoms with Gasteiger partial charge < -0.3 is 5.32 Å². The van der Waals surface area contributed by atoms with Gasteiger partial charge in [0.2, 0.25) is 5.91 Å². The first-order valence-corrected chi connectivity index (χ1v) is 9.70. The predicted octanol–water partition coefficient (Wildman–Crippen LogP) is 2.11. The van der Waals surface area contributed by atoms with Crippen molar-refractivity contribution in [2.75, 3.05) is 30.9 Å². The molecule has 0 saturated carbocycles. The van der Waals surface area contributed by atoms with E-state index in [1.165, 1.54) is 0 Å². The molecule has 0 radical (unpaired) electrons. The van der Waals surface area contributed by atoms with E-state index in [4.69, 9.17) is 0 Å². The molecule has 0 aliphatic carbocycles. The molecule has 2 N–H and O–H groups in total. The molecule has 4 nitrogen and oxygen atoms in total. The summed E-state index contributed by atoms with van der Waals surface area (Å²) in [6.07, 6.45) is 3.22. The van der Waals surface area contributed by atoms with Crippen LogP contribution in [0.2, 0.25) is 0 Å². The number of ketones is 1. The van der Waals surface area contributed by atoms with E-state index in [-0.39, 0.29) is 11.7 Å². The van der Waals surface area contributed by atoms with E-state index in [0.29, 0.717) is 25.8 Å². The number of hydrogen-bond donors (Lipinski definition) is 2. The summed E-state index contributed by atoms with van der Waals surface area (Å²) in [6.45, 7) is 3.48. The van der Waals surface area contributed by atoms with Crippen LogP contribution < -0.4 is 10.0 Å². The van der Waals surface area contributed by atoms with E-state index in [9.17, 15) is 9.59 Å².